The smallest absolute Gasteiger partial charge is 0.238 e. The van der Waals surface area contributed by atoms with Crippen LogP contribution in [-0.4, -0.2) is 42.2 Å². The first-order valence-corrected chi connectivity index (χ1v) is 9.31. The number of nitrogens with zero attached hydrogens (tertiary/aromatic N) is 1. The van der Waals surface area contributed by atoms with Crippen molar-refractivity contribution < 1.29 is 23.6 Å². The number of ether oxygens (including phenoxy) is 2. The Hall–Kier alpha value is -2.68. The zero-order valence-corrected chi connectivity index (χ0v) is 16.5. The van der Waals surface area contributed by atoms with Gasteiger partial charge < -0.3 is 24.6 Å². The van der Waals surface area contributed by atoms with Gasteiger partial charge >= 0.3 is 0 Å². The summed E-state index contributed by atoms with van der Waals surface area (Å²) in [5.74, 6) is 1.98. The summed E-state index contributed by atoms with van der Waals surface area (Å²) in [5, 5.41) is 8.77. The summed E-state index contributed by atoms with van der Waals surface area (Å²) in [6.07, 6.45) is 0. The second kappa shape index (κ2) is 9.86. The van der Waals surface area contributed by atoms with Crippen molar-refractivity contribution in [1.29, 1.82) is 0 Å². The van der Waals surface area contributed by atoms with Gasteiger partial charge in [-0.1, -0.05) is 11.2 Å². The van der Waals surface area contributed by atoms with E-state index in [-0.39, 0.29) is 17.6 Å². The van der Waals surface area contributed by atoms with Crippen LogP contribution in [0.1, 0.15) is 18.2 Å². The summed E-state index contributed by atoms with van der Waals surface area (Å²) in [7, 11) is 3.13. The number of hydrogen-bond acceptors (Lipinski definition) is 7. The summed E-state index contributed by atoms with van der Waals surface area (Å²) in [6.45, 7) is 3.83. The van der Waals surface area contributed by atoms with Crippen LogP contribution in [0.15, 0.2) is 28.8 Å². The number of methoxy groups -OCH3 is 2. The van der Waals surface area contributed by atoms with Gasteiger partial charge in [0.25, 0.3) is 0 Å². The number of benzene rings is 1. The van der Waals surface area contributed by atoms with Gasteiger partial charge in [-0.2, -0.15) is 0 Å². The summed E-state index contributed by atoms with van der Waals surface area (Å²) >= 11 is 1.24. The van der Waals surface area contributed by atoms with Crippen LogP contribution in [-0.2, 0) is 16.1 Å². The van der Waals surface area contributed by atoms with Crippen molar-refractivity contribution in [2.45, 2.75) is 25.6 Å². The molecular formula is C18H23N3O5S. The first-order chi connectivity index (χ1) is 12.9. The summed E-state index contributed by atoms with van der Waals surface area (Å²) in [6, 6.07) is 7.07. The van der Waals surface area contributed by atoms with E-state index in [1.807, 2.05) is 12.1 Å². The molecule has 0 aliphatic heterocycles. The second-order valence-corrected chi connectivity index (χ2v) is 7.06. The number of thioether (sulfide) groups is 1. The predicted octanol–water partition coefficient (Wildman–Crippen LogP) is 2.38. The Kier molecular flexibility index (Phi) is 7.54. The van der Waals surface area contributed by atoms with E-state index >= 15 is 0 Å². The molecule has 0 aliphatic carbocycles. The molecule has 2 amide bonds. The van der Waals surface area contributed by atoms with Crippen LogP contribution in [0, 0.1) is 6.92 Å². The molecule has 1 atom stereocenters. The molecule has 0 radical (unpaired) electrons. The first-order valence-electron chi connectivity index (χ1n) is 8.26. The Morgan fingerprint density at radius 1 is 1.22 bits per heavy atom. The molecule has 2 aromatic rings. The quantitative estimate of drug-likeness (QED) is 0.674. The lowest BCUT2D eigenvalue weighted by atomic mass is 10.2. The van der Waals surface area contributed by atoms with Crippen molar-refractivity contribution in [1.82, 2.24) is 10.5 Å². The Morgan fingerprint density at radius 3 is 2.59 bits per heavy atom. The maximum atomic E-state index is 12.1. The number of rotatable bonds is 9. The molecule has 0 aliphatic rings. The Balaban J connectivity index is 1.76. The van der Waals surface area contributed by atoms with E-state index < -0.39 is 5.25 Å². The highest BCUT2D eigenvalue weighted by Gasteiger charge is 2.17. The van der Waals surface area contributed by atoms with E-state index in [0.29, 0.717) is 29.6 Å². The van der Waals surface area contributed by atoms with Crippen molar-refractivity contribution in [3.05, 3.63) is 35.6 Å². The fourth-order valence-corrected chi connectivity index (χ4v) is 2.89. The standard InChI is InChI=1S/C18H23N3O5S/c1-11-7-16(21-26-11)20-18(23)12(2)27-10-17(22)19-9-13-5-6-14(24-3)15(8-13)25-4/h5-8,12H,9-10H2,1-4H3,(H,19,22)(H,20,21,23)/t12-/m1/s1. The van der Waals surface area contributed by atoms with E-state index in [1.165, 1.54) is 11.8 Å². The minimum Gasteiger partial charge on any atom is -0.493 e. The highest BCUT2D eigenvalue weighted by molar-refractivity contribution is 8.01. The number of hydrogen-bond donors (Lipinski definition) is 2. The van der Waals surface area contributed by atoms with Crippen LogP contribution in [0.3, 0.4) is 0 Å². The molecule has 8 nitrogen and oxygen atoms in total. The molecule has 2 rings (SSSR count). The van der Waals surface area contributed by atoms with Gasteiger partial charge in [-0.3, -0.25) is 9.59 Å². The molecule has 0 bridgehead atoms. The summed E-state index contributed by atoms with van der Waals surface area (Å²) in [5.41, 5.74) is 0.887. The van der Waals surface area contributed by atoms with E-state index in [2.05, 4.69) is 15.8 Å². The van der Waals surface area contributed by atoms with Crippen LogP contribution in [0.25, 0.3) is 0 Å². The number of anilines is 1. The SMILES string of the molecule is COc1ccc(CNC(=O)CS[C@H](C)C(=O)Nc2cc(C)on2)cc1OC. The molecular weight excluding hydrogens is 370 g/mol. The third kappa shape index (κ3) is 6.21. The van der Waals surface area contributed by atoms with Gasteiger partial charge in [0.2, 0.25) is 11.8 Å². The van der Waals surface area contributed by atoms with Gasteiger partial charge in [0.1, 0.15) is 5.76 Å². The zero-order chi connectivity index (χ0) is 19.8. The number of nitrogens with one attached hydrogen (secondary N) is 2. The summed E-state index contributed by atoms with van der Waals surface area (Å²) < 4.78 is 15.3. The van der Waals surface area contributed by atoms with Crippen LogP contribution < -0.4 is 20.1 Å². The average molecular weight is 393 g/mol. The van der Waals surface area contributed by atoms with Crippen molar-refractivity contribution >= 4 is 29.4 Å². The van der Waals surface area contributed by atoms with E-state index in [9.17, 15) is 9.59 Å². The van der Waals surface area contributed by atoms with Gasteiger partial charge in [-0.05, 0) is 31.5 Å². The van der Waals surface area contributed by atoms with Crippen molar-refractivity contribution in [3.8, 4) is 11.5 Å². The van der Waals surface area contributed by atoms with Gasteiger partial charge in [-0.15, -0.1) is 11.8 Å². The predicted molar refractivity (Wildman–Crippen MR) is 103 cm³/mol. The topological polar surface area (TPSA) is 103 Å². The summed E-state index contributed by atoms with van der Waals surface area (Å²) in [4.78, 5) is 24.1. The molecule has 0 unspecified atom stereocenters. The largest absolute Gasteiger partial charge is 0.493 e. The van der Waals surface area contributed by atoms with Gasteiger partial charge in [0.05, 0.1) is 25.2 Å². The lowest BCUT2D eigenvalue weighted by Crippen LogP contribution is -2.28. The Bertz CT molecular complexity index is 793. The van der Waals surface area contributed by atoms with Crippen molar-refractivity contribution in [2.24, 2.45) is 0 Å². The third-order valence-corrected chi connectivity index (χ3v) is 4.79. The highest BCUT2D eigenvalue weighted by Crippen LogP contribution is 2.27. The van der Waals surface area contributed by atoms with E-state index in [1.54, 1.807) is 40.2 Å². The molecule has 1 aromatic heterocycles. The monoisotopic (exact) mass is 393 g/mol. The molecule has 0 spiro atoms. The number of aromatic nitrogens is 1. The number of aryl methyl sites for hydroxylation is 1. The second-order valence-electron chi connectivity index (χ2n) is 5.73. The maximum absolute atomic E-state index is 12.1. The molecule has 0 saturated heterocycles. The molecule has 9 heteroatoms. The normalized spacial score (nSPS) is 11.6. The van der Waals surface area contributed by atoms with Crippen molar-refractivity contribution in [3.63, 3.8) is 0 Å². The van der Waals surface area contributed by atoms with Crippen molar-refractivity contribution in [2.75, 3.05) is 25.3 Å². The minimum atomic E-state index is -0.408. The zero-order valence-electron chi connectivity index (χ0n) is 15.7. The van der Waals surface area contributed by atoms with Crippen LogP contribution in [0.4, 0.5) is 5.82 Å². The lowest BCUT2D eigenvalue weighted by Gasteiger charge is -2.12. The Morgan fingerprint density at radius 2 is 1.96 bits per heavy atom. The number of carbonyl (C=O) groups excluding carboxylic acids is 2. The molecule has 146 valence electrons. The molecule has 1 heterocycles. The first kappa shape index (κ1) is 20.6. The number of carbonyl (C=O) groups is 2. The molecule has 1 aromatic carbocycles. The highest BCUT2D eigenvalue weighted by atomic mass is 32.2. The molecule has 27 heavy (non-hydrogen) atoms. The van der Waals surface area contributed by atoms with Gasteiger partial charge in [0, 0.05) is 12.6 Å². The fraction of sp³-hybridized carbons (Fsp3) is 0.389. The van der Waals surface area contributed by atoms with Crippen LogP contribution in [0.5, 0.6) is 11.5 Å². The molecule has 0 fully saturated rings. The van der Waals surface area contributed by atoms with Gasteiger partial charge in [0.15, 0.2) is 17.3 Å². The minimum absolute atomic E-state index is 0.160. The van der Waals surface area contributed by atoms with Gasteiger partial charge in [-0.25, -0.2) is 0 Å². The average Bonchev–Trinajstić information content (AvgIpc) is 3.08. The van der Waals surface area contributed by atoms with E-state index in [0.717, 1.165) is 5.56 Å². The van der Waals surface area contributed by atoms with Crippen LogP contribution in [0.2, 0.25) is 0 Å². The Labute approximate surface area is 162 Å². The van der Waals surface area contributed by atoms with E-state index in [4.69, 9.17) is 14.0 Å². The lowest BCUT2D eigenvalue weighted by molar-refractivity contribution is -0.118. The van der Waals surface area contributed by atoms with Crippen LogP contribution >= 0.6 is 11.8 Å². The third-order valence-electron chi connectivity index (χ3n) is 3.65. The number of amides is 2. The fourth-order valence-electron chi connectivity index (χ4n) is 2.17. The molecule has 2 N–H and O–H groups in total. The molecule has 0 saturated carbocycles. The maximum Gasteiger partial charge on any atom is 0.238 e.